The summed E-state index contributed by atoms with van der Waals surface area (Å²) in [6.45, 7) is 5.55. The Hall–Kier alpha value is -0.340. The van der Waals surface area contributed by atoms with Gasteiger partial charge in [0.15, 0.2) is 0 Å². The lowest BCUT2D eigenvalue weighted by molar-refractivity contribution is 0.600. The van der Waals surface area contributed by atoms with Crippen molar-refractivity contribution in [1.29, 1.82) is 0 Å². The molecular formula is C13H18BrN. The van der Waals surface area contributed by atoms with Crippen molar-refractivity contribution in [2.45, 2.75) is 39.2 Å². The Labute approximate surface area is 100 Å². The average molecular weight is 268 g/mol. The van der Waals surface area contributed by atoms with Crippen LogP contribution in [0.2, 0.25) is 0 Å². The third-order valence-electron chi connectivity index (χ3n) is 3.28. The molecule has 1 atom stereocenters. The normalized spacial score (nSPS) is 20.9. The SMILES string of the molecule is Cc1ccc(C)c(CC2CCCN2)c1Br. The molecule has 0 aliphatic carbocycles. The lowest BCUT2D eigenvalue weighted by atomic mass is 9.98. The Morgan fingerprint density at radius 2 is 2.07 bits per heavy atom. The van der Waals surface area contributed by atoms with Crippen LogP contribution in [0.4, 0.5) is 0 Å². The van der Waals surface area contributed by atoms with Gasteiger partial charge < -0.3 is 5.32 Å². The van der Waals surface area contributed by atoms with E-state index >= 15 is 0 Å². The molecule has 0 spiro atoms. The second-order valence-corrected chi connectivity index (χ2v) is 5.28. The first-order chi connectivity index (χ1) is 7.18. The van der Waals surface area contributed by atoms with Gasteiger partial charge in [-0.2, -0.15) is 0 Å². The first-order valence-corrected chi connectivity index (χ1v) is 6.45. The molecule has 0 bridgehead atoms. The highest BCUT2D eigenvalue weighted by Gasteiger charge is 2.17. The van der Waals surface area contributed by atoms with Gasteiger partial charge in [-0.05, 0) is 56.3 Å². The summed E-state index contributed by atoms with van der Waals surface area (Å²) < 4.78 is 1.30. The zero-order valence-corrected chi connectivity index (χ0v) is 11.0. The molecule has 1 saturated heterocycles. The smallest absolute Gasteiger partial charge is 0.0239 e. The number of halogens is 1. The van der Waals surface area contributed by atoms with Gasteiger partial charge in [0.05, 0.1) is 0 Å². The minimum absolute atomic E-state index is 0.682. The summed E-state index contributed by atoms with van der Waals surface area (Å²) in [5, 5.41) is 3.56. The van der Waals surface area contributed by atoms with Crippen LogP contribution in [0.1, 0.15) is 29.5 Å². The Bertz CT molecular complexity index is 354. The van der Waals surface area contributed by atoms with Crippen molar-refractivity contribution in [2.24, 2.45) is 0 Å². The predicted molar refractivity (Wildman–Crippen MR) is 68.3 cm³/mol. The molecule has 1 unspecified atom stereocenters. The van der Waals surface area contributed by atoms with Gasteiger partial charge in [0.25, 0.3) is 0 Å². The van der Waals surface area contributed by atoms with Crippen LogP contribution >= 0.6 is 15.9 Å². The van der Waals surface area contributed by atoms with Crippen LogP contribution in [0.15, 0.2) is 16.6 Å². The lowest BCUT2D eigenvalue weighted by Gasteiger charge is -2.15. The topological polar surface area (TPSA) is 12.0 Å². The molecule has 1 aromatic carbocycles. The Morgan fingerprint density at radius 1 is 1.33 bits per heavy atom. The van der Waals surface area contributed by atoms with Gasteiger partial charge in [-0.25, -0.2) is 0 Å². The fourth-order valence-corrected chi connectivity index (χ4v) is 2.87. The van der Waals surface area contributed by atoms with E-state index < -0.39 is 0 Å². The van der Waals surface area contributed by atoms with Crippen LogP contribution in [0.3, 0.4) is 0 Å². The Balaban J connectivity index is 2.22. The zero-order chi connectivity index (χ0) is 10.8. The van der Waals surface area contributed by atoms with E-state index in [1.807, 2.05) is 0 Å². The maximum atomic E-state index is 3.71. The van der Waals surface area contributed by atoms with E-state index in [-0.39, 0.29) is 0 Å². The molecule has 1 nitrogen and oxygen atoms in total. The van der Waals surface area contributed by atoms with Crippen LogP contribution in [-0.4, -0.2) is 12.6 Å². The molecule has 82 valence electrons. The van der Waals surface area contributed by atoms with Crippen molar-refractivity contribution in [2.75, 3.05) is 6.54 Å². The molecule has 15 heavy (non-hydrogen) atoms. The maximum absolute atomic E-state index is 3.71. The Morgan fingerprint density at radius 3 is 2.73 bits per heavy atom. The van der Waals surface area contributed by atoms with Gasteiger partial charge in [-0.3, -0.25) is 0 Å². The molecule has 1 fully saturated rings. The fraction of sp³-hybridized carbons (Fsp3) is 0.538. The molecule has 0 aromatic heterocycles. The van der Waals surface area contributed by atoms with Crippen LogP contribution in [-0.2, 0) is 6.42 Å². The van der Waals surface area contributed by atoms with Crippen molar-refractivity contribution in [3.8, 4) is 0 Å². The molecule has 0 amide bonds. The third kappa shape index (κ3) is 2.43. The van der Waals surface area contributed by atoms with Crippen LogP contribution < -0.4 is 5.32 Å². The van der Waals surface area contributed by atoms with E-state index in [2.05, 4.69) is 47.2 Å². The summed E-state index contributed by atoms with van der Waals surface area (Å²) >= 11 is 3.71. The molecule has 1 aromatic rings. The molecule has 1 heterocycles. The predicted octanol–water partition coefficient (Wildman–Crippen LogP) is 3.36. The highest BCUT2D eigenvalue weighted by molar-refractivity contribution is 9.10. The van der Waals surface area contributed by atoms with E-state index in [1.165, 1.54) is 40.5 Å². The number of rotatable bonds is 2. The van der Waals surface area contributed by atoms with E-state index in [1.54, 1.807) is 0 Å². The fourth-order valence-electron chi connectivity index (χ4n) is 2.26. The van der Waals surface area contributed by atoms with E-state index in [4.69, 9.17) is 0 Å². The molecular weight excluding hydrogens is 250 g/mol. The van der Waals surface area contributed by atoms with Crippen molar-refractivity contribution < 1.29 is 0 Å². The van der Waals surface area contributed by atoms with Crippen LogP contribution in [0, 0.1) is 13.8 Å². The standard InChI is InChI=1S/C13H18BrN/c1-9-5-6-10(2)13(14)12(9)8-11-4-3-7-15-11/h5-6,11,15H,3-4,7-8H2,1-2H3. The largest absolute Gasteiger partial charge is 0.314 e. The second-order valence-electron chi connectivity index (χ2n) is 4.49. The number of hydrogen-bond donors (Lipinski definition) is 1. The summed E-state index contributed by atoms with van der Waals surface area (Å²) in [7, 11) is 0. The van der Waals surface area contributed by atoms with Crippen LogP contribution in [0.5, 0.6) is 0 Å². The third-order valence-corrected chi connectivity index (χ3v) is 4.39. The lowest BCUT2D eigenvalue weighted by Crippen LogP contribution is -2.24. The highest BCUT2D eigenvalue weighted by Crippen LogP contribution is 2.27. The highest BCUT2D eigenvalue weighted by atomic mass is 79.9. The van der Waals surface area contributed by atoms with Gasteiger partial charge in [0.2, 0.25) is 0 Å². The van der Waals surface area contributed by atoms with E-state index in [0.717, 1.165) is 6.42 Å². The van der Waals surface area contributed by atoms with E-state index in [9.17, 15) is 0 Å². The monoisotopic (exact) mass is 267 g/mol. The summed E-state index contributed by atoms with van der Waals surface area (Å²) in [5.41, 5.74) is 4.23. The van der Waals surface area contributed by atoms with Gasteiger partial charge in [-0.1, -0.05) is 28.1 Å². The quantitative estimate of drug-likeness (QED) is 0.867. The first-order valence-electron chi connectivity index (χ1n) is 5.66. The molecule has 0 radical (unpaired) electrons. The van der Waals surface area contributed by atoms with Crippen molar-refractivity contribution >= 4 is 15.9 Å². The van der Waals surface area contributed by atoms with Crippen LogP contribution in [0.25, 0.3) is 0 Å². The molecule has 1 aliphatic rings. The minimum Gasteiger partial charge on any atom is -0.314 e. The maximum Gasteiger partial charge on any atom is 0.0239 e. The van der Waals surface area contributed by atoms with Gasteiger partial charge in [0.1, 0.15) is 0 Å². The molecule has 2 rings (SSSR count). The number of hydrogen-bond acceptors (Lipinski definition) is 1. The van der Waals surface area contributed by atoms with Crippen molar-refractivity contribution in [3.63, 3.8) is 0 Å². The first kappa shape index (κ1) is 11.2. The van der Waals surface area contributed by atoms with Gasteiger partial charge in [-0.15, -0.1) is 0 Å². The molecule has 1 N–H and O–H groups in total. The average Bonchev–Trinajstić information content (AvgIpc) is 2.71. The second kappa shape index (κ2) is 4.67. The minimum atomic E-state index is 0.682. The van der Waals surface area contributed by atoms with Gasteiger partial charge in [0, 0.05) is 10.5 Å². The summed E-state index contributed by atoms with van der Waals surface area (Å²) in [6.07, 6.45) is 3.81. The van der Waals surface area contributed by atoms with Gasteiger partial charge >= 0.3 is 0 Å². The Kier molecular flexibility index (Phi) is 3.47. The number of aryl methyl sites for hydroxylation is 2. The van der Waals surface area contributed by atoms with Crippen molar-refractivity contribution in [1.82, 2.24) is 5.32 Å². The van der Waals surface area contributed by atoms with E-state index in [0.29, 0.717) is 6.04 Å². The molecule has 2 heteroatoms. The summed E-state index contributed by atoms with van der Waals surface area (Å²) in [5.74, 6) is 0. The van der Waals surface area contributed by atoms with Crippen molar-refractivity contribution in [3.05, 3.63) is 33.3 Å². The number of nitrogens with one attached hydrogen (secondary N) is 1. The molecule has 1 aliphatic heterocycles. The summed E-state index contributed by atoms with van der Waals surface area (Å²) in [4.78, 5) is 0. The number of benzene rings is 1. The summed E-state index contributed by atoms with van der Waals surface area (Å²) in [6, 6.07) is 5.09. The zero-order valence-electron chi connectivity index (χ0n) is 9.44. The molecule has 0 saturated carbocycles.